The Balaban J connectivity index is 2.26. The molecular weight excluding hydrogens is 235 g/mol. The van der Waals surface area contributed by atoms with E-state index in [1.54, 1.807) is 6.07 Å². The maximum Gasteiger partial charge on any atom is 0.314 e. The van der Waals surface area contributed by atoms with Gasteiger partial charge in [-0.05, 0) is 17.7 Å². The molecule has 0 N–H and O–H groups in total. The van der Waals surface area contributed by atoms with Gasteiger partial charge in [-0.2, -0.15) is 0 Å². The van der Waals surface area contributed by atoms with Crippen molar-refractivity contribution in [1.29, 1.82) is 0 Å². The van der Waals surface area contributed by atoms with E-state index in [2.05, 4.69) is 4.74 Å². The minimum absolute atomic E-state index is 0.0217. The first-order valence-corrected chi connectivity index (χ1v) is 5.12. The van der Waals surface area contributed by atoms with Crippen LogP contribution in [-0.4, -0.2) is 11.9 Å². The Kier molecular flexibility index (Phi) is 2.92. The molecule has 1 aromatic carbocycles. The molecule has 0 aromatic heterocycles. The maximum absolute atomic E-state index is 13.2. The third-order valence-electron chi connectivity index (χ3n) is 2.47. The van der Waals surface area contributed by atoms with Crippen molar-refractivity contribution in [3.63, 3.8) is 0 Å². The Hall–Kier alpha value is -1.42. The summed E-state index contributed by atoms with van der Waals surface area (Å²) in [5.41, 5.74) is 0.590. The highest BCUT2D eigenvalue weighted by Crippen LogP contribution is 2.30. The van der Waals surface area contributed by atoms with Crippen LogP contribution >= 0.6 is 11.6 Å². The molecule has 3 nitrogen and oxygen atoms in total. The van der Waals surface area contributed by atoms with Crippen molar-refractivity contribution >= 4 is 23.5 Å². The lowest BCUT2D eigenvalue weighted by atomic mass is 9.91. The molecule has 1 heterocycles. The van der Waals surface area contributed by atoms with Crippen LogP contribution in [0.3, 0.4) is 0 Å². The second-order valence-corrected chi connectivity index (χ2v) is 4.03. The Bertz CT molecular complexity index is 443. The number of carbonyl (C=O) groups excluding carboxylic acids is 2. The molecule has 5 heteroatoms. The van der Waals surface area contributed by atoms with Crippen LogP contribution in [0.1, 0.15) is 24.3 Å². The van der Waals surface area contributed by atoms with Gasteiger partial charge >= 0.3 is 11.9 Å². The molecule has 0 unspecified atom stereocenters. The molecule has 0 saturated carbocycles. The highest BCUT2D eigenvalue weighted by atomic mass is 35.5. The number of esters is 2. The summed E-state index contributed by atoms with van der Waals surface area (Å²) in [5.74, 6) is -2.01. The second kappa shape index (κ2) is 4.22. The molecule has 0 spiro atoms. The number of ether oxygens (including phenoxy) is 1. The summed E-state index contributed by atoms with van der Waals surface area (Å²) in [5, 5.41) is 0.0217. The first-order valence-electron chi connectivity index (χ1n) is 4.74. The fourth-order valence-corrected chi connectivity index (χ4v) is 1.80. The number of hydrogen-bond acceptors (Lipinski definition) is 3. The lowest BCUT2D eigenvalue weighted by Gasteiger charge is -2.20. The lowest BCUT2D eigenvalue weighted by molar-refractivity contribution is -0.163. The maximum atomic E-state index is 13.2. The Labute approximate surface area is 96.2 Å². The van der Waals surface area contributed by atoms with Gasteiger partial charge < -0.3 is 4.74 Å². The average molecular weight is 243 g/mol. The fraction of sp³-hybridized carbons (Fsp3) is 0.273. The predicted molar refractivity (Wildman–Crippen MR) is 54.5 cm³/mol. The van der Waals surface area contributed by atoms with E-state index in [1.165, 1.54) is 12.1 Å². The third kappa shape index (κ3) is 2.22. The average Bonchev–Trinajstić information content (AvgIpc) is 2.20. The van der Waals surface area contributed by atoms with E-state index in [1.807, 2.05) is 0 Å². The molecule has 0 radical (unpaired) electrons. The first kappa shape index (κ1) is 11.1. The molecule has 0 bridgehead atoms. The summed E-state index contributed by atoms with van der Waals surface area (Å²) in [6.45, 7) is 0. The van der Waals surface area contributed by atoms with Crippen LogP contribution in [0.15, 0.2) is 18.2 Å². The number of carbonyl (C=O) groups is 2. The minimum Gasteiger partial charge on any atom is -0.393 e. The number of halogens is 2. The van der Waals surface area contributed by atoms with Gasteiger partial charge in [-0.1, -0.05) is 17.7 Å². The first-order chi connectivity index (χ1) is 7.56. The van der Waals surface area contributed by atoms with Crippen molar-refractivity contribution in [2.24, 2.45) is 0 Å². The van der Waals surface area contributed by atoms with E-state index in [0.29, 0.717) is 5.56 Å². The fourth-order valence-electron chi connectivity index (χ4n) is 1.69. The van der Waals surface area contributed by atoms with E-state index >= 15 is 0 Å². The van der Waals surface area contributed by atoms with Gasteiger partial charge in [0, 0.05) is 5.92 Å². The molecule has 16 heavy (non-hydrogen) atoms. The molecule has 1 fully saturated rings. The number of cyclic esters (lactones) is 2. The van der Waals surface area contributed by atoms with Crippen LogP contribution in [0.25, 0.3) is 0 Å². The van der Waals surface area contributed by atoms with Gasteiger partial charge in [0.15, 0.2) is 0 Å². The second-order valence-electron chi connectivity index (χ2n) is 3.62. The SMILES string of the molecule is O=C1CC(c2ccc(Cl)c(F)c2)CC(=O)O1. The van der Waals surface area contributed by atoms with Gasteiger partial charge in [0.05, 0.1) is 17.9 Å². The van der Waals surface area contributed by atoms with Crippen LogP contribution < -0.4 is 0 Å². The molecule has 1 saturated heterocycles. The summed E-state index contributed by atoms with van der Waals surface area (Å²) in [4.78, 5) is 22.1. The highest BCUT2D eigenvalue weighted by Gasteiger charge is 2.28. The molecule has 1 aromatic rings. The van der Waals surface area contributed by atoms with E-state index in [4.69, 9.17) is 11.6 Å². The molecule has 2 rings (SSSR count). The van der Waals surface area contributed by atoms with Crippen molar-refractivity contribution in [2.45, 2.75) is 18.8 Å². The van der Waals surface area contributed by atoms with Gasteiger partial charge in [0.2, 0.25) is 0 Å². The van der Waals surface area contributed by atoms with Crippen LogP contribution in [0.5, 0.6) is 0 Å². The molecule has 84 valence electrons. The van der Waals surface area contributed by atoms with Crippen molar-refractivity contribution < 1.29 is 18.7 Å². The highest BCUT2D eigenvalue weighted by molar-refractivity contribution is 6.30. The number of benzene rings is 1. The van der Waals surface area contributed by atoms with Crippen molar-refractivity contribution in [3.8, 4) is 0 Å². The summed E-state index contributed by atoms with van der Waals surface area (Å²) >= 11 is 5.54. The normalized spacial score (nSPS) is 17.4. The number of hydrogen-bond donors (Lipinski definition) is 0. The van der Waals surface area contributed by atoms with Crippen LogP contribution in [0, 0.1) is 5.82 Å². The smallest absolute Gasteiger partial charge is 0.314 e. The summed E-state index contributed by atoms with van der Waals surface area (Å²) in [7, 11) is 0. The molecule has 1 aliphatic rings. The van der Waals surface area contributed by atoms with Gasteiger partial charge in [-0.15, -0.1) is 0 Å². The van der Waals surface area contributed by atoms with E-state index in [-0.39, 0.29) is 23.8 Å². The molecule has 0 atom stereocenters. The molecular formula is C11H8ClFO3. The summed E-state index contributed by atoms with van der Waals surface area (Å²) in [6, 6.07) is 4.28. The van der Waals surface area contributed by atoms with Crippen molar-refractivity contribution in [1.82, 2.24) is 0 Å². The zero-order chi connectivity index (χ0) is 11.7. The van der Waals surface area contributed by atoms with E-state index in [9.17, 15) is 14.0 Å². The Morgan fingerprint density at radius 2 is 1.88 bits per heavy atom. The zero-order valence-electron chi connectivity index (χ0n) is 8.20. The molecule has 0 aliphatic carbocycles. The van der Waals surface area contributed by atoms with Gasteiger partial charge in [-0.3, -0.25) is 9.59 Å². The monoisotopic (exact) mass is 242 g/mol. The van der Waals surface area contributed by atoms with Gasteiger partial charge in [0.25, 0.3) is 0 Å². The van der Waals surface area contributed by atoms with Crippen LogP contribution in [-0.2, 0) is 14.3 Å². The number of rotatable bonds is 1. The molecule has 0 amide bonds. The van der Waals surface area contributed by atoms with Gasteiger partial charge in [-0.25, -0.2) is 4.39 Å². The minimum atomic E-state index is -0.573. The van der Waals surface area contributed by atoms with E-state index in [0.717, 1.165) is 0 Å². The lowest BCUT2D eigenvalue weighted by Crippen LogP contribution is -2.24. The largest absolute Gasteiger partial charge is 0.393 e. The molecule has 1 aliphatic heterocycles. The topological polar surface area (TPSA) is 43.4 Å². The summed E-state index contributed by atoms with van der Waals surface area (Å²) in [6.07, 6.45) is 0.180. The van der Waals surface area contributed by atoms with Crippen LogP contribution in [0.2, 0.25) is 5.02 Å². The van der Waals surface area contributed by atoms with Gasteiger partial charge in [0.1, 0.15) is 5.82 Å². The standard InChI is InChI=1S/C11H8ClFO3/c12-8-2-1-6(3-9(8)13)7-4-10(14)16-11(15)5-7/h1-3,7H,4-5H2. The van der Waals surface area contributed by atoms with Crippen molar-refractivity contribution in [2.75, 3.05) is 0 Å². The Morgan fingerprint density at radius 1 is 1.25 bits per heavy atom. The zero-order valence-corrected chi connectivity index (χ0v) is 8.96. The third-order valence-corrected chi connectivity index (χ3v) is 2.78. The van der Waals surface area contributed by atoms with E-state index < -0.39 is 17.8 Å². The summed E-state index contributed by atoms with van der Waals surface area (Å²) < 4.78 is 17.6. The predicted octanol–water partition coefficient (Wildman–Crippen LogP) is 2.43. The van der Waals surface area contributed by atoms with Crippen molar-refractivity contribution in [3.05, 3.63) is 34.6 Å². The van der Waals surface area contributed by atoms with Crippen LogP contribution in [0.4, 0.5) is 4.39 Å². The Morgan fingerprint density at radius 3 is 2.44 bits per heavy atom. The quantitative estimate of drug-likeness (QED) is 0.561.